The number of thiophene rings is 1. The number of aliphatic hydroxyl groups is 1. The molecule has 0 amide bonds. The summed E-state index contributed by atoms with van der Waals surface area (Å²) in [4.78, 5) is 14.1. The molecule has 0 radical (unpaired) electrons. The molecule has 2 N–H and O–H groups in total. The van der Waals surface area contributed by atoms with Gasteiger partial charge in [0, 0.05) is 24.5 Å². The second kappa shape index (κ2) is 3.68. The first-order valence-corrected chi connectivity index (χ1v) is 5.19. The van der Waals surface area contributed by atoms with Crippen LogP contribution in [0.2, 0.25) is 0 Å². The van der Waals surface area contributed by atoms with Gasteiger partial charge in [-0.3, -0.25) is 4.90 Å². The van der Waals surface area contributed by atoms with E-state index in [1.807, 2.05) is 6.07 Å². The van der Waals surface area contributed by atoms with Crippen LogP contribution in [0.3, 0.4) is 0 Å². The molecule has 0 aliphatic carbocycles. The Hall–Kier alpha value is -0.910. The maximum atomic E-state index is 10.6. The summed E-state index contributed by atoms with van der Waals surface area (Å²) in [5.41, 5.74) is 0. The molecule has 0 saturated carbocycles. The molecule has 1 aromatic rings. The van der Waals surface area contributed by atoms with Crippen molar-refractivity contribution in [1.29, 1.82) is 0 Å². The molecule has 0 aromatic carbocycles. The van der Waals surface area contributed by atoms with Gasteiger partial charge in [0.25, 0.3) is 0 Å². The van der Waals surface area contributed by atoms with Gasteiger partial charge in [0.2, 0.25) is 0 Å². The molecule has 14 heavy (non-hydrogen) atoms. The summed E-state index contributed by atoms with van der Waals surface area (Å²) < 4.78 is 0. The molecule has 0 bridgehead atoms. The van der Waals surface area contributed by atoms with Crippen LogP contribution < -0.4 is 0 Å². The van der Waals surface area contributed by atoms with Crippen molar-refractivity contribution < 1.29 is 15.0 Å². The van der Waals surface area contributed by atoms with E-state index in [9.17, 15) is 4.79 Å². The van der Waals surface area contributed by atoms with Crippen LogP contribution in [0, 0.1) is 0 Å². The largest absolute Gasteiger partial charge is 0.477 e. The molecule has 1 aromatic heterocycles. The maximum absolute atomic E-state index is 10.6. The molecule has 0 atom stereocenters. The Bertz CT molecular complexity index is 344. The normalized spacial score (nSPS) is 18.1. The van der Waals surface area contributed by atoms with E-state index >= 15 is 0 Å². The summed E-state index contributed by atoms with van der Waals surface area (Å²) >= 11 is 1.30. The van der Waals surface area contributed by atoms with Crippen molar-refractivity contribution in [3.63, 3.8) is 0 Å². The minimum Gasteiger partial charge on any atom is -0.477 e. The highest BCUT2D eigenvalue weighted by Gasteiger charge is 2.24. The number of aromatic carboxylic acids is 1. The predicted molar refractivity (Wildman–Crippen MR) is 52.6 cm³/mol. The van der Waals surface area contributed by atoms with Crippen LogP contribution in [0.5, 0.6) is 0 Å². The summed E-state index contributed by atoms with van der Waals surface area (Å²) in [6, 6.07) is 3.46. The van der Waals surface area contributed by atoms with Gasteiger partial charge in [0.1, 0.15) is 4.88 Å². The number of aliphatic hydroxyl groups excluding tert-OH is 1. The molecule has 1 fully saturated rings. The Morgan fingerprint density at radius 3 is 2.79 bits per heavy atom. The van der Waals surface area contributed by atoms with E-state index in [1.54, 1.807) is 6.07 Å². The Labute approximate surface area is 85.4 Å². The summed E-state index contributed by atoms with van der Waals surface area (Å²) in [5, 5.41) is 17.8. The number of β-amino-alcohol motifs (C(OH)–C–C–N with tert-alkyl or cyclic N) is 1. The zero-order valence-electron chi connectivity index (χ0n) is 7.51. The third kappa shape index (κ3) is 1.95. The first-order chi connectivity index (χ1) is 6.65. The van der Waals surface area contributed by atoms with E-state index in [0.29, 0.717) is 18.0 Å². The van der Waals surface area contributed by atoms with E-state index in [2.05, 4.69) is 4.90 Å². The van der Waals surface area contributed by atoms with Crippen LogP contribution >= 0.6 is 11.3 Å². The molecule has 1 aliphatic rings. The topological polar surface area (TPSA) is 60.8 Å². The van der Waals surface area contributed by atoms with Gasteiger partial charge in [0.05, 0.1) is 6.10 Å². The van der Waals surface area contributed by atoms with Crippen molar-refractivity contribution in [2.75, 3.05) is 13.1 Å². The molecule has 76 valence electrons. The molecule has 2 rings (SSSR count). The number of likely N-dealkylation sites (tertiary alicyclic amines) is 1. The fraction of sp³-hybridized carbons (Fsp3) is 0.444. The highest BCUT2D eigenvalue weighted by atomic mass is 32.1. The Balaban J connectivity index is 1.93. The van der Waals surface area contributed by atoms with Gasteiger partial charge in [-0.15, -0.1) is 11.3 Å². The van der Waals surface area contributed by atoms with Crippen molar-refractivity contribution in [3.05, 3.63) is 21.9 Å². The van der Waals surface area contributed by atoms with Crippen LogP contribution in [-0.4, -0.2) is 40.3 Å². The number of carbonyl (C=O) groups is 1. The van der Waals surface area contributed by atoms with Crippen LogP contribution in [-0.2, 0) is 6.54 Å². The van der Waals surface area contributed by atoms with Crippen LogP contribution in [0.1, 0.15) is 14.5 Å². The standard InChI is InChI=1S/C9H11NO3S/c11-6-3-10(4-6)5-7-1-2-8(14-7)9(12)13/h1-2,6,11H,3-5H2,(H,12,13). The fourth-order valence-corrected chi connectivity index (χ4v) is 2.36. The number of rotatable bonds is 3. The molecule has 2 heterocycles. The Morgan fingerprint density at radius 1 is 1.57 bits per heavy atom. The van der Waals surface area contributed by atoms with Gasteiger partial charge in [-0.05, 0) is 12.1 Å². The first-order valence-electron chi connectivity index (χ1n) is 4.37. The highest BCUT2D eigenvalue weighted by Crippen LogP contribution is 2.20. The smallest absolute Gasteiger partial charge is 0.345 e. The van der Waals surface area contributed by atoms with Gasteiger partial charge in [-0.25, -0.2) is 4.79 Å². The third-order valence-electron chi connectivity index (χ3n) is 2.19. The van der Waals surface area contributed by atoms with Crippen LogP contribution in [0.25, 0.3) is 0 Å². The Kier molecular flexibility index (Phi) is 2.54. The van der Waals surface area contributed by atoms with Crippen molar-refractivity contribution in [2.24, 2.45) is 0 Å². The SMILES string of the molecule is O=C(O)c1ccc(CN2CC(O)C2)s1. The van der Waals surface area contributed by atoms with E-state index < -0.39 is 5.97 Å². The number of nitrogens with zero attached hydrogens (tertiary/aromatic N) is 1. The number of hydrogen-bond acceptors (Lipinski definition) is 4. The average Bonchev–Trinajstić information content (AvgIpc) is 2.50. The molecule has 0 unspecified atom stereocenters. The van der Waals surface area contributed by atoms with Gasteiger partial charge >= 0.3 is 5.97 Å². The number of carboxylic acids is 1. The van der Waals surface area contributed by atoms with E-state index in [4.69, 9.17) is 10.2 Å². The molecular weight excluding hydrogens is 202 g/mol. The first kappa shape index (κ1) is 9.64. The maximum Gasteiger partial charge on any atom is 0.345 e. The second-order valence-corrected chi connectivity index (χ2v) is 4.59. The molecule has 5 heteroatoms. The van der Waals surface area contributed by atoms with Crippen LogP contribution in [0.4, 0.5) is 0 Å². The summed E-state index contributed by atoms with van der Waals surface area (Å²) in [6.07, 6.45) is -0.200. The van der Waals surface area contributed by atoms with Crippen molar-refractivity contribution in [2.45, 2.75) is 12.6 Å². The molecule has 0 spiro atoms. The van der Waals surface area contributed by atoms with E-state index in [-0.39, 0.29) is 6.10 Å². The van der Waals surface area contributed by atoms with E-state index in [0.717, 1.165) is 11.4 Å². The zero-order chi connectivity index (χ0) is 10.1. The average molecular weight is 213 g/mol. The van der Waals surface area contributed by atoms with Crippen molar-refractivity contribution in [1.82, 2.24) is 4.90 Å². The lowest BCUT2D eigenvalue weighted by Crippen LogP contribution is -2.49. The Morgan fingerprint density at radius 2 is 2.29 bits per heavy atom. The summed E-state index contributed by atoms with van der Waals surface area (Å²) in [7, 11) is 0. The van der Waals surface area contributed by atoms with Gasteiger partial charge in [-0.2, -0.15) is 0 Å². The van der Waals surface area contributed by atoms with Gasteiger partial charge in [-0.1, -0.05) is 0 Å². The van der Waals surface area contributed by atoms with Crippen molar-refractivity contribution >= 4 is 17.3 Å². The molecule has 1 saturated heterocycles. The minimum absolute atomic E-state index is 0.200. The third-order valence-corrected chi connectivity index (χ3v) is 3.25. The lowest BCUT2D eigenvalue weighted by molar-refractivity contribution is -0.00229. The lowest BCUT2D eigenvalue weighted by atomic mass is 10.2. The quantitative estimate of drug-likeness (QED) is 0.773. The van der Waals surface area contributed by atoms with E-state index in [1.165, 1.54) is 11.3 Å². The van der Waals surface area contributed by atoms with Crippen LogP contribution in [0.15, 0.2) is 12.1 Å². The monoisotopic (exact) mass is 213 g/mol. The van der Waals surface area contributed by atoms with Crippen molar-refractivity contribution in [3.8, 4) is 0 Å². The predicted octanol–water partition coefficient (Wildman–Crippen LogP) is 0.623. The molecular formula is C9H11NO3S. The molecule has 4 nitrogen and oxygen atoms in total. The zero-order valence-corrected chi connectivity index (χ0v) is 8.33. The minimum atomic E-state index is -0.870. The van der Waals surface area contributed by atoms with Gasteiger partial charge < -0.3 is 10.2 Å². The van der Waals surface area contributed by atoms with Gasteiger partial charge in [0.15, 0.2) is 0 Å². The fourth-order valence-electron chi connectivity index (χ4n) is 1.47. The summed E-state index contributed by atoms with van der Waals surface area (Å²) in [6.45, 7) is 2.13. The summed E-state index contributed by atoms with van der Waals surface area (Å²) in [5.74, 6) is -0.870. The number of carboxylic acid groups (broad SMARTS) is 1. The number of hydrogen-bond donors (Lipinski definition) is 2. The lowest BCUT2D eigenvalue weighted by Gasteiger charge is -2.35. The second-order valence-electron chi connectivity index (χ2n) is 3.42. The molecule has 1 aliphatic heterocycles. The highest BCUT2D eigenvalue weighted by molar-refractivity contribution is 7.13.